The van der Waals surface area contributed by atoms with E-state index in [2.05, 4.69) is 5.16 Å². The van der Waals surface area contributed by atoms with Gasteiger partial charge in [0.1, 0.15) is 5.76 Å². The summed E-state index contributed by atoms with van der Waals surface area (Å²) >= 11 is 12.6. The molecule has 1 aliphatic carbocycles. The summed E-state index contributed by atoms with van der Waals surface area (Å²) in [6.45, 7) is 0. The van der Waals surface area contributed by atoms with Gasteiger partial charge >= 0.3 is 0 Å². The fourth-order valence-electron chi connectivity index (χ4n) is 2.78. The van der Waals surface area contributed by atoms with Crippen molar-refractivity contribution in [3.8, 4) is 11.1 Å². The van der Waals surface area contributed by atoms with E-state index in [0.717, 1.165) is 19.3 Å². The standard InChI is InChI=1S/C15H16Cl2N2O2/c1-20-15(6-3-7-15)8-11-13(14(18)19-21-11)12-9(16)4-2-5-10(12)17/h2,4-5H,3,6-8H2,1H3,(H2,18,19). The van der Waals surface area contributed by atoms with Crippen LogP contribution in [-0.2, 0) is 11.2 Å². The molecule has 1 aliphatic rings. The van der Waals surface area contributed by atoms with Gasteiger partial charge in [0.15, 0.2) is 5.82 Å². The number of benzene rings is 1. The molecular formula is C15H16Cl2N2O2. The van der Waals surface area contributed by atoms with Crippen molar-refractivity contribution in [3.63, 3.8) is 0 Å². The molecule has 4 nitrogen and oxygen atoms in total. The minimum atomic E-state index is -0.186. The molecule has 0 saturated heterocycles. The van der Waals surface area contributed by atoms with Crippen molar-refractivity contribution in [2.24, 2.45) is 0 Å². The van der Waals surface area contributed by atoms with Crippen LogP contribution in [0.5, 0.6) is 0 Å². The van der Waals surface area contributed by atoms with Crippen molar-refractivity contribution in [3.05, 3.63) is 34.0 Å². The normalized spacial score (nSPS) is 16.7. The van der Waals surface area contributed by atoms with Crippen molar-refractivity contribution < 1.29 is 9.26 Å². The van der Waals surface area contributed by atoms with Crippen molar-refractivity contribution >= 4 is 29.0 Å². The van der Waals surface area contributed by atoms with Crippen molar-refractivity contribution in [2.45, 2.75) is 31.3 Å². The van der Waals surface area contributed by atoms with E-state index in [1.54, 1.807) is 25.3 Å². The molecule has 2 aromatic rings. The third kappa shape index (κ3) is 2.52. The van der Waals surface area contributed by atoms with Crippen LogP contribution in [0.2, 0.25) is 10.0 Å². The molecule has 1 aromatic heterocycles. The lowest BCUT2D eigenvalue weighted by Crippen LogP contribution is -2.41. The van der Waals surface area contributed by atoms with E-state index < -0.39 is 0 Å². The van der Waals surface area contributed by atoms with E-state index in [1.165, 1.54) is 0 Å². The Labute approximate surface area is 133 Å². The summed E-state index contributed by atoms with van der Waals surface area (Å²) in [7, 11) is 1.72. The fourth-order valence-corrected chi connectivity index (χ4v) is 3.37. The quantitative estimate of drug-likeness (QED) is 0.907. The van der Waals surface area contributed by atoms with E-state index in [1.807, 2.05) is 0 Å². The summed E-state index contributed by atoms with van der Waals surface area (Å²) < 4.78 is 11.1. The molecule has 1 heterocycles. The molecule has 6 heteroatoms. The minimum absolute atomic E-state index is 0.186. The Balaban J connectivity index is 2.05. The van der Waals surface area contributed by atoms with Crippen LogP contribution in [0.15, 0.2) is 22.7 Å². The van der Waals surface area contributed by atoms with Gasteiger partial charge < -0.3 is 15.0 Å². The van der Waals surface area contributed by atoms with E-state index in [0.29, 0.717) is 39.2 Å². The third-order valence-corrected chi connectivity index (χ3v) is 4.81. The first-order valence-corrected chi connectivity index (χ1v) is 7.55. The molecule has 0 atom stereocenters. The molecule has 1 aromatic carbocycles. The average Bonchev–Trinajstić information content (AvgIpc) is 2.76. The Morgan fingerprint density at radius 2 is 1.95 bits per heavy atom. The summed E-state index contributed by atoms with van der Waals surface area (Å²) in [6.07, 6.45) is 3.77. The fraction of sp³-hybridized carbons (Fsp3) is 0.400. The number of rotatable bonds is 4. The maximum atomic E-state index is 6.28. The topological polar surface area (TPSA) is 61.3 Å². The predicted octanol–water partition coefficient (Wildman–Crippen LogP) is 4.34. The van der Waals surface area contributed by atoms with Gasteiger partial charge in [-0.3, -0.25) is 0 Å². The molecule has 0 radical (unpaired) electrons. The second-order valence-electron chi connectivity index (χ2n) is 5.38. The molecule has 3 rings (SSSR count). The number of hydrogen-bond acceptors (Lipinski definition) is 4. The van der Waals surface area contributed by atoms with Crippen LogP contribution in [0, 0.1) is 0 Å². The van der Waals surface area contributed by atoms with E-state index >= 15 is 0 Å². The lowest BCUT2D eigenvalue weighted by atomic mass is 9.76. The molecule has 0 bridgehead atoms. The van der Waals surface area contributed by atoms with Gasteiger partial charge in [-0.2, -0.15) is 0 Å². The number of nitrogen functional groups attached to an aromatic ring is 1. The number of nitrogens with zero attached hydrogens (tertiary/aromatic N) is 1. The number of nitrogens with two attached hydrogens (primary N) is 1. The summed E-state index contributed by atoms with van der Waals surface area (Å²) in [4.78, 5) is 0. The predicted molar refractivity (Wildman–Crippen MR) is 83.7 cm³/mol. The monoisotopic (exact) mass is 326 g/mol. The zero-order valence-electron chi connectivity index (χ0n) is 11.7. The molecule has 2 N–H and O–H groups in total. The summed E-state index contributed by atoms with van der Waals surface area (Å²) in [5, 5.41) is 4.94. The number of halogens is 2. The number of aromatic nitrogens is 1. The van der Waals surface area contributed by atoms with Gasteiger partial charge in [-0.05, 0) is 31.4 Å². The average molecular weight is 327 g/mol. The summed E-state index contributed by atoms with van der Waals surface area (Å²) in [5.74, 6) is 0.967. The van der Waals surface area contributed by atoms with Gasteiger partial charge in [0, 0.05) is 19.1 Å². The van der Waals surface area contributed by atoms with Gasteiger partial charge in [-0.25, -0.2) is 0 Å². The first-order chi connectivity index (χ1) is 10.1. The van der Waals surface area contributed by atoms with E-state index in [4.69, 9.17) is 38.2 Å². The smallest absolute Gasteiger partial charge is 0.175 e. The molecular weight excluding hydrogens is 311 g/mol. The lowest BCUT2D eigenvalue weighted by Gasteiger charge is -2.40. The van der Waals surface area contributed by atoms with Crippen molar-refractivity contribution in [1.29, 1.82) is 0 Å². The zero-order chi connectivity index (χ0) is 15.0. The molecule has 0 spiro atoms. The van der Waals surface area contributed by atoms with Gasteiger partial charge in [0.2, 0.25) is 0 Å². The summed E-state index contributed by atoms with van der Waals surface area (Å²) in [6, 6.07) is 5.34. The Bertz CT molecular complexity index is 640. The molecule has 112 valence electrons. The van der Waals surface area contributed by atoms with Crippen LogP contribution in [-0.4, -0.2) is 17.9 Å². The zero-order valence-corrected chi connectivity index (χ0v) is 13.2. The Morgan fingerprint density at radius 3 is 2.48 bits per heavy atom. The van der Waals surface area contributed by atoms with Crippen LogP contribution in [0.25, 0.3) is 11.1 Å². The molecule has 0 unspecified atom stereocenters. The number of methoxy groups -OCH3 is 1. The number of anilines is 1. The molecule has 1 saturated carbocycles. The van der Waals surface area contributed by atoms with Crippen molar-refractivity contribution in [1.82, 2.24) is 5.16 Å². The van der Waals surface area contributed by atoms with Crippen LogP contribution in [0.3, 0.4) is 0 Å². The van der Waals surface area contributed by atoms with E-state index in [9.17, 15) is 0 Å². The van der Waals surface area contributed by atoms with Gasteiger partial charge in [0.05, 0.1) is 21.2 Å². The lowest BCUT2D eigenvalue weighted by molar-refractivity contribution is -0.0742. The molecule has 21 heavy (non-hydrogen) atoms. The first kappa shape index (κ1) is 14.7. The Kier molecular flexibility index (Phi) is 3.86. The second kappa shape index (κ2) is 5.52. The first-order valence-electron chi connectivity index (χ1n) is 6.80. The highest BCUT2D eigenvalue weighted by atomic mass is 35.5. The SMILES string of the molecule is COC1(Cc2onc(N)c2-c2c(Cl)cccc2Cl)CCC1. The number of ether oxygens (including phenoxy) is 1. The Morgan fingerprint density at radius 1 is 1.29 bits per heavy atom. The van der Waals surface area contributed by atoms with Crippen LogP contribution >= 0.6 is 23.2 Å². The minimum Gasteiger partial charge on any atom is -0.380 e. The third-order valence-electron chi connectivity index (χ3n) is 4.18. The van der Waals surface area contributed by atoms with Crippen molar-refractivity contribution in [2.75, 3.05) is 12.8 Å². The maximum absolute atomic E-state index is 6.28. The number of hydrogen-bond donors (Lipinski definition) is 1. The molecule has 0 amide bonds. The maximum Gasteiger partial charge on any atom is 0.175 e. The highest BCUT2D eigenvalue weighted by molar-refractivity contribution is 6.39. The highest BCUT2D eigenvalue weighted by Crippen LogP contribution is 2.44. The van der Waals surface area contributed by atoms with Gasteiger partial charge in [0.25, 0.3) is 0 Å². The van der Waals surface area contributed by atoms with Crippen LogP contribution in [0.4, 0.5) is 5.82 Å². The van der Waals surface area contributed by atoms with Crippen LogP contribution < -0.4 is 5.73 Å². The summed E-state index contributed by atoms with van der Waals surface area (Å²) in [5.41, 5.74) is 7.12. The largest absolute Gasteiger partial charge is 0.380 e. The van der Waals surface area contributed by atoms with Gasteiger partial charge in [-0.1, -0.05) is 34.4 Å². The Hall–Kier alpha value is -1.23. The molecule has 1 fully saturated rings. The molecule has 0 aliphatic heterocycles. The van der Waals surface area contributed by atoms with Gasteiger partial charge in [-0.15, -0.1) is 0 Å². The van der Waals surface area contributed by atoms with E-state index in [-0.39, 0.29) is 5.60 Å². The van der Waals surface area contributed by atoms with Crippen LogP contribution in [0.1, 0.15) is 25.0 Å². The second-order valence-corrected chi connectivity index (χ2v) is 6.19. The highest BCUT2D eigenvalue weighted by Gasteiger charge is 2.39.